The van der Waals surface area contributed by atoms with Gasteiger partial charge in [-0.3, -0.25) is 4.31 Å². The smallest absolute Gasteiger partial charge is 0.241 e. The minimum absolute atomic E-state index is 0.133. The van der Waals surface area contributed by atoms with Crippen molar-refractivity contribution in [3.05, 3.63) is 83.4 Å². The van der Waals surface area contributed by atoms with Crippen LogP contribution < -0.4 is 9.04 Å². The number of benzene rings is 3. The lowest BCUT2D eigenvalue weighted by molar-refractivity contribution is 0.128. The molecular formula is C31H31F2NO6S. The van der Waals surface area contributed by atoms with Gasteiger partial charge in [0.15, 0.2) is 23.1 Å². The van der Waals surface area contributed by atoms with Gasteiger partial charge in [-0.25, -0.2) is 17.2 Å². The molecule has 0 radical (unpaired) electrons. The van der Waals surface area contributed by atoms with Crippen LogP contribution in [-0.4, -0.2) is 49.2 Å². The second kappa shape index (κ2) is 10.6. The molecule has 1 aliphatic carbocycles. The molecule has 1 saturated heterocycles. The summed E-state index contributed by atoms with van der Waals surface area (Å²) in [5.74, 6) is -2.14. The lowest BCUT2D eigenvalue weighted by Gasteiger charge is -2.38. The number of hydrogen-bond acceptors (Lipinski definition) is 6. The van der Waals surface area contributed by atoms with E-state index in [-0.39, 0.29) is 12.5 Å². The zero-order valence-electron chi connectivity index (χ0n) is 22.5. The number of hydrogen-bond donors (Lipinski definition) is 2. The number of rotatable bonds is 7. The Kier molecular flexibility index (Phi) is 7.15. The second-order valence-corrected chi connectivity index (χ2v) is 12.8. The highest BCUT2D eigenvalue weighted by Crippen LogP contribution is 2.52. The molecular weight excluding hydrogens is 552 g/mol. The fourth-order valence-electron chi connectivity index (χ4n) is 6.47. The first kappa shape index (κ1) is 27.5. The van der Waals surface area contributed by atoms with Gasteiger partial charge in [-0.05, 0) is 90.1 Å². The van der Waals surface area contributed by atoms with Crippen LogP contribution in [0.4, 0.5) is 14.5 Å². The molecule has 2 fully saturated rings. The lowest BCUT2D eigenvalue weighted by atomic mass is 9.83. The molecule has 41 heavy (non-hydrogen) atoms. The minimum atomic E-state index is -4.01. The Hall–Kier alpha value is -3.63. The zero-order chi connectivity index (χ0) is 28.9. The number of halogens is 2. The molecule has 3 aliphatic rings. The maximum absolute atomic E-state index is 14.6. The van der Waals surface area contributed by atoms with Gasteiger partial charge in [-0.1, -0.05) is 31.4 Å². The number of fused-ring (bicyclic) bond motifs is 2. The van der Waals surface area contributed by atoms with E-state index < -0.39 is 50.6 Å². The Morgan fingerprint density at radius 2 is 1.44 bits per heavy atom. The molecule has 2 bridgehead atoms. The monoisotopic (exact) mass is 583 g/mol. The minimum Gasteiger partial charge on any atom is -0.505 e. The van der Waals surface area contributed by atoms with Crippen LogP contribution in [0.1, 0.15) is 49.7 Å². The number of sulfonamides is 1. The van der Waals surface area contributed by atoms with E-state index in [0.717, 1.165) is 38.2 Å². The fraction of sp³-hybridized carbons (Fsp3) is 0.355. The summed E-state index contributed by atoms with van der Waals surface area (Å²) in [6, 6.07) is 14.5. The molecule has 1 saturated carbocycles. The summed E-state index contributed by atoms with van der Waals surface area (Å²) in [5.41, 5.74) is 2.26. The molecule has 2 aliphatic heterocycles. The first-order valence-corrected chi connectivity index (χ1v) is 15.2. The third kappa shape index (κ3) is 4.82. The molecule has 216 valence electrons. The maximum atomic E-state index is 14.6. The number of phenols is 2. The molecule has 3 unspecified atom stereocenters. The normalized spacial score (nSPS) is 22.8. The second-order valence-electron chi connectivity index (χ2n) is 10.8. The van der Waals surface area contributed by atoms with Crippen LogP contribution in [0.3, 0.4) is 0 Å². The molecule has 0 spiro atoms. The summed E-state index contributed by atoms with van der Waals surface area (Å²) >= 11 is 0. The number of anilines is 1. The van der Waals surface area contributed by atoms with Crippen molar-refractivity contribution in [1.82, 2.24) is 0 Å². The molecule has 3 aromatic rings. The van der Waals surface area contributed by atoms with E-state index in [1.165, 1.54) is 34.6 Å². The highest BCUT2D eigenvalue weighted by atomic mass is 32.2. The fourth-order valence-corrected chi connectivity index (χ4v) is 8.73. The Morgan fingerprint density at radius 3 is 2.00 bits per heavy atom. The molecule has 10 heteroatoms. The van der Waals surface area contributed by atoms with E-state index in [9.17, 15) is 27.4 Å². The van der Waals surface area contributed by atoms with Gasteiger partial charge in [-0.2, -0.15) is 0 Å². The quantitative estimate of drug-likeness (QED) is 0.354. The number of phenolic OH excluding ortho intramolecular Hbond substituents is 2. The molecule has 3 aromatic carbocycles. The van der Waals surface area contributed by atoms with Gasteiger partial charge < -0.3 is 19.7 Å². The van der Waals surface area contributed by atoms with E-state index in [0.29, 0.717) is 33.7 Å². The van der Waals surface area contributed by atoms with E-state index in [1.54, 1.807) is 31.4 Å². The largest absolute Gasteiger partial charge is 0.505 e. The Labute approximate surface area is 237 Å². The summed E-state index contributed by atoms with van der Waals surface area (Å²) < 4.78 is 71.3. The van der Waals surface area contributed by atoms with Crippen LogP contribution in [0.5, 0.6) is 17.2 Å². The lowest BCUT2D eigenvalue weighted by Crippen LogP contribution is -2.49. The van der Waals surface area contributed by atoms with Gasteiger partial charge in [0.1, 0.15) is 17.1 Å². The Morgan fingerprint density at radius 1 is 0.854 bits per heavy atom. The maximum Gasteiger partial charge on any atom is 0.241 e. The first-order valence-electron chi connectivity index (χ1n) is 13.7. The number of aromatic hydroxyl groups is 2. The summed E-state index contributed by atoms with van der Waals surface area (Å²) in [4.78, 5) is 0. The van der Waals surface area contributed by atoms with Crippen molar-refractivity contribution < 1.29 is 36.9 Å². The number of methoxy groups -OCH3 is 1. The van der Waals surface area contributed by atoms with Gasteiger partial charge in [-0.15, -0.1) is 0 Å². The van der Waals surface area contributed by atoms with Crippen LogP contribution in [0.2, 0.25) is 0 Å². The molecule has 2 N–H and O–H groups in total. The molecule has 6 rings (SSSR count). The van der Waals surface area contributed by atoms with Gasteiger partial charge in [0.2, 0.25) is 10.0 Å². The van der Waals surface area contributed by atoms with E-state index in [2.05, 4.69) is 0 Å². The molecule has 0 aromatic heterocycles. The van der Waals surface area contributed by atoms with Crippen LogP contribution >= 0.6 is 0 Å². The average Bonchev–Trinajstić information content (AvgIpc) is 3.57. The summed E-state index contributed by atoms with van der Waals surface area (Å²) in [6.07, 6.45) is 2.85. The molecule has 0 amide bonds. The zero-order valence-corrected chi connectivity index (χ0v) is 23.3. The van der Waals surface area contributed by atoms with Crippen molar-refractivity contribution in [1.29, 1.82) is 0 Å². The molecule has 2 heterocycles. The van der Waals surface area contributed by atoms with Gasteiger partial charge in [0.05, 0.1) is 18.9 Å². The average molecular weight is 584 g/mol. The van der Waals surface area contributed by atoms with Crippen LogP contribution in [-0.2, 0) is 14.8 Å². The first-order chi connectivity index (χ1) is 19.7. The third-order valence-electron chi connectivity index (χ3n) is 8.40. The predicted molar refractivity (Wildman–Crippen MR) is 151 cm³/mol. The standard InChI is InChI=1S/C31H31F2NO6S/c1-39-22-11-9-21(10-12-22)34(20-5-3-2-4-6-20)41(37,38)28-17-27-29(18-7-13-25(35)23(32)15-18)30(31(28)40-27)19-8-14-26(36)24(33)16-19/h7-16,20,27-28,31,35-36H,2-6,17H2,1H3. The van der Waals surface area contributed by atoms with Crippen LogP contribution in [0.25, 0.3) is 11.1 Å². The SMILES string of the molecule is COc1ccc(N(C2CCCCC2)S(=O)(=O)C2CC3OC2C(c2ccc(O)c(F)c2)=C3c2ccc(O)c(F)c2)cc1. The van der Waals surface area contributed by atoms with E-state index in [1.807, 2.05) is 0 Å². The number of ether oxygens (including phenoxy) is 2. The number of nitrogens with zero attached hydrogens (tertiary/aromatic N) is 1. The van der Waals surface area contributed by atoms with E-state index in [4.69, 9.17) is 9.47 Å². The summed E-state index contributed by atoms with van der Waals surface area (Å²) in [7, 11) is -2.46. The van der Waals surface area contributed by atoms with Crippen molar-refractivity contribution in [2.45, 2.75) is 62.0 Å². The molecule has 7 nitrogen and oxygen atoms in total. The van der Waals surface area contributed by atoms with Crippen molar-refractivity contribution in [2.75, 3.05) is 11.4 Å². The van der Waals surface area contributed by atoms with Crippen LogP contribution in [0, 0.1) is 11.6 Å². The van der Waals surface area contributed by atoms with Gasteiger partial charge >= 0.3 is 0 Å². The highest BCUT2D eigenvalue weighted by Gasteiger charge is 2.55. The van der Waals surface area contributed by atoms with Crippen molar-refractivity contribution in [3.63, 3.8) is 0 Å². The highest BCUT2D eigenvalue weighted by molar-refractivity contribution is 7.93. The summed E-state index contributed by atoms with van der Waals surface area (Å²) in [5, 5.41) is 18.6. The Bertz CT molecular complexity index is 1600. The molecule has 3 atom stereocenters. The summed E-state index contributed by atoms with van der Waals surface area (Å²) in [6.45, 7) is 0. The van der Waals surface area contributed by atoms with Gasteiger partial charge in [0.25, 0.3) is 0 Å². The Balaban J connectivity index is 1.46. The van der Waals surface area contributed by atoms with E-state index >= 15 is 0 Å². The van der Waals surface area contributed by atoms with Crippen molar-refractivity contribution >= 4 is 26.9 Å². The van der Waals surface area contributed by atoms with Crippen molar-refractivity contribution in [2.24, 2.45) is 0 Å². The van der Waals surface area contributed by atoms with Crippen LogP contribution in [0.15, 0.2) is 60.7 Å². The van der Waals surface area contributed by atoms with Crippen molar-refractivity contribution in [3.8, 4) is 17.2 Å². The third-order valence-corrected chi connectivity index (χ3v) is 10.7. The topological polar surface area (TPSA) is 96.3 Å². The predicted octanol–water partition coefficient (Wildman–Crippen LogP) is 6.00. The van der Waals surface area contributed by atoms with Gasteiger partial charge in [0, 0.05) is 6.04 Å².